The van der Waals surface area contributed by atoms with Crippen LogP contribution in [0.2, 0.25) is 0 Å². The number of H-pyrrole nitrogens is 1. The van der Waals surface area contributed by atoms with E-state index >= 15 is 0 Å². The Morgan fingerprint density at radius 1 is 1.32 bits per heavy atom. The molecular weight excluding hydrogens is 312 g/mol. The molecule has 0 spiro atoms. The summed E-state index contributed by atoms with van der Waals surface area (Å²) in [6, 6.07) is 7.96. The largest absolute Gasteiger partial charge is 0.358 e. The number of aromatic nitrogens is 3. The molecule has 1 amide bonds. The van der Waals surface area contributed by atoms with Crippen molar-refractivity contribution >= 4 is 16.8 Å². The average molecular weight is 336 g/mol. The highest BCUT2D eigenvalue weighted by Gasteiger charge is 2.19. The molecule has 0 radical (unpaired) electrons. The second-order valence-corrected chi connectivity index (χ2v) is 7.06. The Morgan fingerprint density at radius 2 is 2.20 bits per heavy atom. The number of nitrogens with one attached hydrogen (secondary N) is 2. The second kappa shape index (κ2) is 6.75. The van der Waals surface area contributed by atoms with E-state index in [1.165, 1.54) is 29.5 Å². The van der Waals surface area contributed by atoms with Crippen molar-refractivity contribution in [1.82, 2.24) is 20.1 Å². The Labute approximate surface area is 147 Å². The zero-order valence-electron chi connectivity index (χ0n) is 14.6. The standard InChI is InChI=1S/C20H24N4O/c1-14(13-24-11-5-10-22-24)12-21-20(25)17-8-4-7-16-15-6-2-3-9-18(15)23-19(16)17/h4-5,7-8,10-11,14,23H,2-3,6,9,12-13H2,1H3,(H,21,25)/t14-/m1/s1. The monoisotopic (exact) mass is 336 g/mol. The zero-order chi connectivity index (χ0) is 17.2. The van der Waals surface area contributed by atoms with Gasteiger partial charge in [-0.05, 0) is 49.3 Å². The van der Waals surface area contributed by atoms with Crippen molar-refractivity contribution in [3.05, 3.63) is 53.5 Å². The summed E-state index contributed by atoms with van der Waals surface area (Å²) in [6.45, 7) is 3.56. The fourth-order valence-electron chi connectivity index (χ4n) is 3.77. The summed E-state index contributed by atoms with van der Waals surface area (Å²) < 4.78 is 1.90. The van der Waals surface area contributed by atoms with E-state index in [9.17, 15) is 4.79 Å². The summed E-state index contributed by atoms with van der Waals surface area (Å²) in [6.07, 6.45) is 8.39. The third-order valence-electron chi connectivity index (χ3n) is 5.05. The third-order valence-corrected chi connectivity index (χ3v) is 5.05. The number of hydrogen-bond acceptors (Lipinski definition) is 2. The van der Waals surface area contributed by atoms with E-state index in [1.54, 1.807) is 6.20 Å². The molecular formula is C20H24N4O. The van der Waals surface area contributed by atoms with Crippen LogP contribution in [0.3, 0.4) is 0 Å². The van der Waals surface area contributed by atoms with Crippen molar-refractivity contribution < 1.29 is 4.79 Å². The summed E-state index contributed by atoms with van der Waals surface area (Å²) in [4.78, 5) is 16.2. The number of aryl methyl sites for hydroxylation is 2. The number of carbonyl (C=O) groups is 1. The maximum Gasteiger partial charge on any atom is 0.253 e. The number of aromatic amines is 1. The highest BCUT2D eigenvalue weighted by molar-refractivity contribution is 6.06. The fraction of sp³-hybridized carbons (Fsp3) is 0.400. The Morgan fingerprint density at radius 3 is 3.04 bits per heavy atom. The van der Waals surface area contributed by atoms with Crippen molar-refractivity contribution in [2.75, 3.05) is 6.54 Å². The van der Waals surface area contributed by atoms with Gasteiger partial charge in [-0.1, -0.05) is 19.1 Å². The van der Waals surface area contributed by atoms with Crippen molar-refractivity contribution in [3.8, 4) is 0 Å². The van der Waals surface area contributed by atoms with Gasteiger partial charge in [0, 0.05) is 36.6 Å². The average Bonchev–Trinajstić information content (AvgIpc) is 3.26. The van der Waals surface area contributed by atoms with E-state index in [1.807, 2.05) is 29.1 Å². The molecule has 0 saturated carbocycles. The summed E-state index contributed by atoms with van der Waals surface area (Å²) in [5.74, 6) is 0.316. The Bertz CT molecular complexity index is 879. The minimum Gasteiger partial charge on any atom is -0.358 e. The number of amides is 1. The minimum absolute atomic E-state index is 0.00323. The van der Waals surface area contributed by atoms with Crippen LogP contribution < -0.4 is 5.32 Å². The molecule has 2 aromatic heterocycles. The van der Waals surface area contributed by atoms with Crippen molar-refractivity contribution in [2.24, 2.45) is 5.92 Å². The molecule has 0 unspecified atom stereocenters. The number of fused-ring (bicyclic) bond motifs is 3. The van der Waals surface area contributed by atoms with Gasteiger partial charge in [0.1, 0.15) is 0 Å². The molecule has 130 valence electrons. The maximum absolute atomic E-state index is 12.7. The molecule has 5 nitrogen and oxygen atoms in total. The molecule has 25 heavy (non-hydrogen) atoms. The van der Waals surface area contributed by atoms with Gasteiger partial charge in [-0.25, -0.2) is 0 Å². The van der Waals surface area contributed by atoms with Gasteiger partial charge in [0.05, 0.1) is 11.1 Å². The molecule has 0 aliphatic heterocycles. The smallest absolute Gasteiger partial charge is 0.253 e. The number of carbonyl (C=O) groups excluding carboxylic acids is 1. The normalized spacial score (nSPS) is 15.1. The molecule has 2 heterocycles. The number of benzene rings is 1. The van der Waals surface area contributed by atoms with E-state index in [4.69, 9.17) is 0 Å². The Kier molecular flexibility index (Phi) is 4.30. The lowest BCUT2D eigenvalue weighted by molar-refractivity contribution is 0.0948. The first-order chi connectivity index (χ1) is 12.2. The predicted molar refractivity (Wildman–Crippen MR) is 98.7 cm³/mol. The molecule has 1 aliphatic carbocycles. The molecule has 1 atom stereocenters. The number of rotatable bonds is 5. The van der Waals surface area contributed by atoms with Gasteiger partial charge in [0.2, 0.25) is 0 Å². The Balaban J connectivity index is 1.49. The van der Waals surface area contributed by atoms with Crippen LogP contribution in [0.25, 0.3) is 10.9 Å². The molecule has 4 rings (SSSR count). The fourth-order valence-corrected chi connectivity index (χ4v) is 3.77. The van der Waals surface area contributed by atoms with Crippen LogP contribution in [0.5, 0.6) is 0 Å². The van der Waals surface area contributed by atoms with Gasteiger partial charge in [-0.3, -0.25) is 9.48 Å². The number of para-hydroxylation sites is 1. The first-order valence-electron chi connectivity index (χ1n) is 9.10. The van der Waals surface area contributed by atoms with E-state index < -0.39 is 0 Å². The minimum atomic E-state index is -0.00323. The summed E-state index contributed by atoms with van der Waals surface area (Å²) in [7, 11) is 0. The van der Waals surface area contributed by atoms with Gasteiger partial charge < -0.3 is 10.3 Å². The van der Waals surface area contributed by atoms with E-state index in [2.05, 4.69) is 28.4 Å². The topological polar surface area (TPSA) is 62.7 Å². The van der Waals surface area contributed by atoms with Gasteiger partial charge in [-0.15, -0.1) is 0 Å². The summed E-state index contributed by atoms with van der Waals surface area (Å²) >= 11 is 0. The SMILES string of the molecule is C[C@H](CNC(=O)c1cccc2c3c([nH]c12)CCCC3)Cn1cccn1. The molecule has 5 heteroatoms. The lowest BCUT2D eigenvalue weighted by atomic mass is 9.95. The zero-order valence-corrected chi connectivity index (χ0v) is 14.6. The van der Waals surface area contributed by atoms with Gasteiger partial charge >= 0.3 is 0 Å². The van der Waals surface area contributed by atoms with Crippen LogP contribution in [-0.4, -0.2) is 27.2 Å². The van der Waals surface area contributed by atoms with Crippen LogP contribution in [0.1, 0.15) is 41.4 Å². The van der Waals surface area contributed by atoms with E-state index in [0.29, 0.717) is 12.5 Å². The first kappa shape index (κ1) is 15.9. The van der Waals surface area contributed by atoms with Crippen molar-refractivity contribution in [1.29, 1.82) is 0 Å². The van der Waals surface area contributed by atoms with Gasteiger partial charge in [0.25, 0.3) is 5.91 Å². The van der Waals surface area contributed by atoms with Crippen LogP contribution in [-0.2, 0) is 19.4 Å². The molecule has 0 bridgehead atoms. The molecule has 3 aromatic rings. The van der Waals surface area contributed by atoms with Crippen LogP contribution in [0, 0.1) is 5.92 Å². The predicted octanol–water partition coefficient (Wildman–Crippen LogP) is 3.31. The van der Waals surface area contributed by atoms with Crippen molar-refractivity contribution in [2.45, 2.75) is 39.2 Å². The molecule has 1 aliphatic rings. The van der Waals surface area contributed by atoms with Crippen LogP contribution >= 0.6 is 0 Å². The third kappa shape index (κ3) is 3.18. The van der Waals surface area contributed by atoms with Crippen LogP contribution in [0.15, 0.2) is 36.7 Å². The molecule has 1 aromatic carbocycles. The lowest BCUT2D eigenvalue weighted by Crippen LogP contribution is -2.30. The summed E-state index contributed by atoms with van der Waals surface area (Å²) in [5, 5.41) is 8.52. The van der Waals surface area contributed by atoms with E-state index in [0.717, 1.165) is 30.5 Å². The van der Waals surface area contributed by atoms with Gasteiger partial charge in [0.15, 0.2) is 0 Å². The number of hydrogen-bond donors (Lipinski definition) is 2. The Hall–Kier alpha value is -2.56. The summed E-state index contributed by atoms with van der Waals surface area (Å²) in [5.41, 5.74) is 4.46. The maximum atomic E-state index is 12.7. The molecule has 0 fully saturated rings. The molecule has 0 saturated heterocycles. The highest BCUT2D eigenvalue weighted by atomic mass is 16.1. The lowest BCUT2D eigenvalue weighted by Gasteiger charge is -2.13. The van der Waals surface area contributed by atoms with Crippen molar-refractivity contribution in [3.63, 3.8) is 0 Å². The highest BCUT2D eigenvalue weighted by Crippen LogP contribution is 2.30. The van der Waals surface area contributed by atoms with E-state index in [-0.39, 0.29) is 5.91 Å². The second-order valence-electron chi connectivity index (χ2n) is 7.06. The van der Waals surface area contributed by atoms with Gasteiger partial charge in [-0.2, -0.15) is 5.10 Å². The quantitative estimate of drug-likeness (QED) is 0.751. The molecule has 2 N–H and O–H groups in total. The first-order valence-corrected chi connectivity index (χ1v) is 9.10. The van der Waals surface area contributed by atoms with Crippen LogP contribution in [0.4, 0.5) is 0 Å². The number of nitrogens with zero attached hydrogens (tertiary/aromatic N) is 2.